The van der Waals surface area contributed by atoms with E-state index in [0.29, 0.717) is 13.1 Å². The molecule has 0 aromatic rings. The lowest BCUT2D eigenvalue weighted by molar-refractivity contribution is -0.126. The first-order chi connectivity index (χ1) is 12.0. The highest BCUT2D eigenvalue weighted by Crippen LogP contribution is 2.19. The van der Waals surface area contributed by atoms with Crippen molar-refractivity contribution in [2.24, 2.45) is 5.84 Å². The molecule has 0 aliphatic rings. The van der Waals surface area contributed by atoms with E-state index in [1.165, 1.54) is 0 Å². The van der Waals surface area contributed by atoms with E-state index < -0.39 is 0 Å². The average Bonchev–Trinajstić information content (AvgIpc) is 2.60. The lowest BCUT2D eigenvalue weighted by atomic mass is 10.3. The van der Waals surface area contributed by atoms with Gasteiger partial charge in [-0.2, -0.15) is 0 Å². The quantitative estimate of drug-likeness (QED) is 0.0677. The molecule has 0 saturated heterocycles. The Morgan fingerprint density at radius 1 is 0.760 bits per heavy atom. The van der Waals surface area contributed by atoms with Crippen LogP contribution in [0.1, 0.15) is 25.7 Å². The number of hydrazine groups is 2. The maximum absolute atomic E-state index is 11.5. The molecule has 0 aliphatic carbocycles. The van der Waals surface area contributed by atoms with Crippen LogP contribution in [-0.4, -0.2) is 55.3 Å². The van der Waals surface area contributed by atoms with Gasteiger partial charge in [0.15, 0.2) is 0 Å². The van der Waals surface area contributed by atoms with Gasteiger partial charge in [0.2, 0.25) is 23.6 Å². The van der Waals surface area contributed by atoms with Crippen molar-refractivity contribution in [2.75, 3.05) is 31.6 Å². The molecule has 0 radical (unpaired) electrons. The molecule has 10 nitrogen and oxygen atoms in total. The molecule has 25 heavy (non-hydrogen) atoms. The zero-order chi connectivity index (χ0) is 18.9. The zero-order valence-electron chi connectivity index (χ0n) is 14.2. The molecule has 0 unspecified atom stereocenters. The predicted molar refractivity (Wildman–Crippen MR) is 98.9 cm³/mol. The summed E-state index contributed by atoms with van der Waals surface area (Å²) < 4.78 is 0. The summed E-state index contributed by atoms with van der Waals surface area (Å²) >= 11 is 0. The van der Waals surface area contributed by atoms with E-state index in [9.17, 15) is 19.2 Å². The van der Waals surface area contributed by atoms with E-state index in [-0.39, 0.29) is 49.3 Å². The Balaban J connectivity index is 3.41. The molecule has 4 amide bonds. The van der Waals surface area contributed by atoms with Crippen LogP contribution in [0.4, 0.5) is 0 Å². The van der Waals surface area contributed by atoms with Crippen LogP contribution in [0.15, 0.2) is 0 Å². The summed E-state index contributed by atoms with van der Waals surface area (Å²) in [5, 5.41) is 5.43. The molecule has 7 N–H and O–H groups in total. The number of hydrogen-bond donors (Lipinski definition) is 6. The first-order valence-electron chi connectivity index (χ1n) is 7.72. The van der Waals surface area contributed by atoms with Crippen molar-refractivity contribution >= 4 is 45.2 Å². The van der Waals surface area contributed by atoms with Crippen molar-refractivity contribution in [1.82, 2.24) is 26.9 Å². The van der Waals surface area contributed by atoms with Gasteiger partial charge in [0.1, 0.15) is 0 Å². The molecule has 0 rings (SSSR count). The lowest BCUT2D eigenvalue weighted by Crippen LogP contribution is -2.35. The zero-order valence-corrected chi connectivity index (χ0v) is 15.8. The Labute approximate surface area is 154 Å². The lowest BCUT2D eigenvalue weighted by Gasteiger charge is -2.06. The Hall–Kier alpha value is -1.50. The SMILES string of the molecule is CNNC(=O)CCC(=O)NCCSSCCNC(=O)CCC(=O)NN. The van der Waals surface area contributed by atoms with E-state index in [1.54, 1.807) is 28.6 Å². The van der Waals surface area contributed by atoms with Crippen LogP contribution in [0.5, 0.6) is 0 Å². The van der Waals surface area contributed by atoms with Crippen molar-refractivity contribution in [3.05, 3.63) is 0 Å². The molecule has 0 aromatic carbocycles. The van der Waals surface area contributed by atoms with Crippen molar-refractivity contribution in [2.45, 2.75) is 25.7 Å². The standard InChI is InChI=1S/C13H26N6O4S2/c1-15-19-13(23)5-3-11(21)17-7-9-25-24-8-6-16-10(20)2-4-12(22)18-14/h15H,2-9,14H2,1H3,(H,16,20)(H,17,21)(H,18,22)(H,19,23). The summed E-state index contributed by atoms with van der Waals surface area (Å²) in [5.41, 5.74) is 6.86. The molecule has 0 saturated carbocycles. The summed E-state index contributed by atoms with van der Waals surface area (Å²) in [6.45, 7) is 1.03. The van der Waals surface area contributed by atoms with Gasteiger partial charge in [-0.25, -0.2) is 11.3 Å². The van der Waals surface area contributed by atoms with Crippen LogP contribution in [0.3, 0.4) is 0 Å². The van der Waals surface area contributed by atoms with Gasteiger partial charge in [-0.3, -0.25) is 30.0 Å². The highest BCUT2D eigenvalue weighted by atomic mass is 33.1. The first kappa shape index (κ1) is 23.5. The predicted octanol–water partition coefficient (Wildman–Crippen LogP) is -1.60. The van der Waals surface area contributed by atoms with Gasteiger partial charge in [-0.15, -0.1) is 0 Å². The Morgan fingerprint density at radius 3 is 1.64 bits per heavy atom. The van der Waals surface area contributed by atoms with Gasteiger partial charge in [0.25, 0.3) is 0 Å². The van der Waals surface area contributed by atoms with Gasteiger partial charge in [-0.05, 0) is 0 Å². The van der Waals surface area contributed by atoms with E-state index in [1.807, 2.05) is 5.43 Å². The molecule has 0 atom stereocenters. The molecule has 0 aliphatic heterocycles. The van der Waals surface area contributed by atoms with Crippen LogP contribution < -0.4 is 32.8 Å². The smallest absolute Gasteiger partial charge is 0.234 e. The van der Waals surface area contributed by atoms with Gasteiger partial charge in [0, 0.05) is 57.3 Å². The molecular formula is C13H26N6O4S2. The summed E-state index contributed by atoms with van der Waals surface area (Å²) in [7, 11) is 4.74. The van der Waals surface area contributed by atoms with Gasteiger partial charge < -0.3 is 10.6 Å². The topological polar surface area (TPSA) is 154 Å². The third kappa shape index (κ3) is 15.8. The Kier molecular flexibility index (Phi) is 15.0. The second kappa shape index (κ2) is 16.0. The monoisotopic (exact) mass is 394 g/mol. The molecule has 144 valence electrons. The largest absolute Gasteiger partial charge is 0.355 e. The second-order valence-electron chi connectivity index (χ2n) is 4.71. The molecular weight excluding hydrogens is 368 g/mol. The number of nitrogens with one attached hydrogen (secondary N) is 5. The number of carbonyl (C=O) groups excluding carboxylic acids is 4. The van der Waals surface area contributed by atoms with Gasteiger partial charge >= 0.3 is 0 Å². The molecule has 0 spiro atoms. The normalized spacial score (nSPS) is 10.0. The number of rotatable bonds is 14. The fraction of sp³-hybridized carbons (Fsp3) is 0.692. The van der Waals surface area contributed by atoms with E-state index in [2.05, 4.69) is 21.5 Å². The van der Waals surface area contributed by atoms with Crippen molar-refractivity contribution in [3.8, 4) is 0 Å². The van der Waals surface area contributed by atoms with E-state index in [4.69, 9.17) is 5.84 Å². The molecule has 12 heteroatoms. The van der Waals surface area contributed by atoms with Crippen LogP contribution in [-0.2, 0) is 19.2 Å². The highest BCUT2D eigenvalue weighted by Gasteiger charge is 2.06. The minimum absolute atomic E-state index is 0.0700. The summed E-state index contributed by atoms with van der Waals surface area (Å²) in [5.74, 6) is 5.41. The third-order valence-electron chi connectivity index (χ3n) is 2.68. The fourth-order valence-electron chi connectivity index (χ4n) is 1.49. The third-order valence-corrected chi connectivity index (χ3v) is 5.09. The Bertz CT molecular complexity index is 439. The maximum atomic E-state index is 11.5. The van der Waals surface area contributed by atoms with E-state index in [0.717, 1.165) is 11.5 Å². The minimum atomic E-state index is -0.371. The molecule has 0 heterocycles. The number of amides is 4. The van der Waals surface area contributed by atoms with Crippen LogP contribution in [0.2, 0.25) is 0 Å². The summed E-state index contributed by atoms with van der Waals surface area (Å²) in [6.07, 6.45) is 0.473. The molecule has 0 fully saturated rings. The number of hydrogen-bond acceptors (Lipinski definition) is 8. The van der Waals surface area contributed by atoms with E-state index >= 15 is 0 Å². The van der Waals surface area contributed by atoms with Crippen LogP contribution in [0, 0.1) is 0 Å². The fourth-order valence-corrected chi connectivity index (χ4v) is 3.30. The summed E-state index contributed by atoms with van der Waals surface area (Å²) in [4.78, 5) is 44.9. The summed E-state index contributed by atoms with van der Waals surface area (Å²) in [6, 6.07) is 0. The first-order valence-corrected chi connectivity index (χ1v) is 10.2. The highest BCUT2D eigenvalue weighted by molar-refractivity contribution is 8.76. The van der Waals surface area contributed by atoms with Crippen molar-refractivity contribution < 1.29 is 19.2 Å². The average molecular weight is 395 g/mol. The molecule has 0 bridgehead atoms. The number of carbonyl (C=O) groups is 4. The van der Waals surface area contributed by atoms with Crippen LogP contribution in [0.25, 0.3) is 0 Å². The van der Waals surface area contributed by atoms with Crippen molar-refractivity contribution in [3.63, 3.8) is 0 Å². The molecule has 0 aromatic heterocycles. The minimum Gasteiger partial charge on any atom is -0.355 e. The number of nitrogens with two attached hydrogens (primary N) is 1. The van der Waals surface area contributed by atoms with Gasteiger partial charge in [-0.1, -0.05) is 21.6 Å². The van der Waals surface area contributed by atoms with Gasteiger partial charge in [0.05, 0.1) is 0 Å². The maximum Gasteiger partial charge on any atom is 0.234 e. The second-order valence-corrected chi connectivity index (χ2v) is 7.41. The Morgan fingerprint density at radius 2 is 1.20 bits per heavy atom. The van der Waals surface area contributed by atoms with Crippen molar-refractivity contribution in [1.29, 1.82) is 0 Å². The van der Waals surface area contributed by atoms with Crippen LogP contribution >= 0.6 is 21.6 Å².